The number of carbonyl (C=O) groups excluding carboxylic acids is 1. The Kier molecular flexibility index (Phi) is 6.19. The van der Waals surface area contributed by atoms with Gasteiger partial charge in [-0.2, -0.15) is 0 Å². The van der Waals surface area contributed by atoms with E-state index in [2.05, 4.69) is 0 Å². The van der Waals surface area contributed by atoms with Crippen LogP contribution in [0, 0.1) is 0 Å². The molecule has 7 nitrogen and oxygen atoms in total. The van der Waals surface area contributed by atoms with Crippen LogP contribution >= 0.6 is 0 Å². The average Bonchev–Trinajstić information content (AvgIpc) is 2.43. The number of rotatable bonds is 8. The predicted octanol–water partition coefficient (Wildman–Crippen LogP) is 0.626. The van der Waals surface area contributed by atoms with Gasteiger partial charge in [-0.15, -0.1) is 0 Å². The number of hydrogen-bond donors (Lipinski definition) is 2. The molecule has 0 spiro atoms. The van der Waals surface area contributed by atoms with Gasteiger partial charge in [0.1, 0.15) is 18.8 Å². The van der Waals surface area contributed by atoms with E-state index in [9.17, 15) is 14.4 Å². The number of aliphatic carboxylic acids is 2. The highest BCUT2D eigenvalue weighted by Crippen LogP contribution is 2.13. The number of ether oxygens (including phenoxy) is 1. The lowest BCUT2D eigenvalue weighted by atomic mass is 10.2. The van der Waals surface area contributed by atoms with E-state index in [0.717, 1.165) is 12.0 Å². The number of nitrogens with zero attached hydrogens (tertiary/aromatic N) is 1. The van der Waals surface area contributed by atoms with Gasteiger partial charge in [0, 0.05) is 0 Å². The van der Waals surface area contributed by atoms with Crippen LogP contribution in [0.3, 0.4) is 0 Å². The maximum Gasteiger partial charge on any atom is 0.323 e. The van der Waals surface area contributed by atoms with Crippen molar-refractivity contribution in [2.24, 2.45) is 0 Å². The molecule has 21 heavy (non-hydrogen) atoms. The molecule has 0 bridgehead atoms. The quantitative estimate of drug-likeness (QED) is 0.728. The molecule has 0 aromatic heterocycles. The fraction of sp³-hybridized carbons (Fsp3) is 0.357. The van der Waals surface area contributed by atoms with Gasteiger partial charge >= 0.3 is 11.9 Å². The van der Waals surface area contributed by atoms with E-state index in [0.29, 0.717) is 10.6 Å². The molecule has 0 saturated heterocycles. The fourth-order valence-electron chi connectivity index (χ4n) is 1.65. The first-order chi connectivity index (χ1) is 9.92. The van der Waals surface area contributed by atoms with Crippen molar-refractivity contribution in [2.45, 2.75) is 13.3 Å². The Hall–Kier alpha value is -2.57. The van der Waals surface area contributed by atoms with Crippen LogP contribution in [0.15, 0.2) is 24.3 Å². The van der Waals surface area contributed by atoms with E-state index >= 15 is 0 Å². The Bertz CT molecular complexity index is 512. The summed E-state index contributed by atoms with van der Waals surface area (Å²) in [6.45, 7) is 0.215. The maximum atomic E-state index is 11.8. The van der Waals surface area contributed by atoms with E-state index < -0.39 is 37.5 Å². The summed E-state index contributed by atoms with van der Waals surface area (Å²) in [6, 6.07) is 7.14. The Labute approximate surface area is 121 Å². The third kappa shape index (κ3) is 5.94. The standard InChI is InChI=1S/C14H17NO6/c1-2-10-4-3-5-11(6-10)21-9-12(16)15(7-13(17)18)8-14(19)20/h3-6H,2,7-9H2,1H3,(H,17,18)(H,19,20). The number of amides is 1. The summed E-state index contributed by atoms with van der Waals surface area (Å²) in [5, 5.41) is 17.3. The summed E-state index contributed by atoms with van der Waals surface area (Å²) in [5.74, 6) is -2.77. The van der Waals surface area contributed by atoms with Gasteiger partial charge < -0.3 is 19.8 Å². The molecule has 1 rings (SSSR count). The molecule has 0 radical (unpaired) electrons. The topological polar surface area (TPSA) is 104 Å². The zero-order valence-corrected chi connectivity index (χ0v) is 11.6. The second kappa shape index (κ2) is 7.88. The average molecular weight is 295 g/mol. The summed E-state index contributed by atoms with van der Waals surface area (Å²) in [7, 11) is 0. The van der Waals surface area contributed by atoms with Gasteiger partial charge in [-0.25, -0.2) is 0 Å². The second-order valence-electron chi connectivity index (χ2n) is 4.33. The van der Waals surface area contributed by atoms with Gasteiger partial charge in [0.15, 0.2) is 6.61 Å². The Morgan fingerprint density at radius 3 is 2.29 bits per heavy atom. The molecule has 0 heterocycles. The van der Waals surface area contributed by atoms with Crippen LogP contribution < -0.4 is 4.74 Å². The molecular weight excluding hydrogens is 278 g/mol. The summed E-state index contributed by atoms with van der Waals surface area (Å²) >= 11 is 0. The predicted molar refractivity (Wildman–Crippen MR) is 73.2 cm³/mol. The Morgan fingerprint density at radius 1 is 1.14 bits per heavy atom. The lowest BCUT2D eigenvalue weighted by molar-refractivity contribution is -0.150. The van der Waals surface area contributed by atoms with Crippen LogP contribution in [0.5, 0.6) is 5.75 Å². The molecule has 0 saturated carbocycles. The minimum absolute atomic E-state index is 0.409. The molecular formula is C14H17NO6. The normalized spacial score (nSPS) is 9.95. The zero-order chi connectivity index (χ0) is 15.8. The van der Waals surface area contributed by atoms with E-state index in [4.69, 9.17) is 14.9 Å². The Morgan fingerprint density at radius 2 is 1.76 bits per heavy atom. The monoisotopic (exact) mass is 295 g/mol. The lowest BCUT2D eigenvalue weighted by Gasteiger charge is -2.18. The van der Waals surface area contributed by atoms with Crippen molar-refractivity contribution in [2.75, 3.05) is 19.7 Å². The van der Waals surface area contributed by atoms with Gasteiger partial charge in [0.25, 0.3) is 5.91 Å². The molecule has 0 atom stereocenters. The van der Waals surface area contributed by atoms with Gasteiger partial charge in [-0.1, -0.05) is 19.1 Å². The molecule has 0 aliphatic rings. The molecule has 2 N–H and O–H groups in total. The van der Waals surface area contributed by atoms with Crippen LogP contribution in [0.25, 0.3) is 0 Å². The van der Waals surface area contributed by atoms with Crippen LogP contribution in [-0.4, -0.2) is 52.7 Å². The largest absolute Gasteiger partial charge is 0.484 e. The van der Waals surface area contributed by atoms with Crippen molar-refractivity contribution >= 4 is 17.8 Å². The van der Waals surface area contributed by atoms with Gasteiger partial charge in [-0.05, 0) is 24.1 Å². The van der Waals surface area contributed by atoms with E-state index in [1.807, 2.05) is 13.0 Å². The smallest absolute Gasteiger partial charge is 0.323 e. The highest BCUT2D eigenvalue weighted by Gasteiger charge is 2.20. The highest BCUT2D eigenvalue weighted by atomic mass is 16.5. The van der Waals surface area contributed by atoms with Crippen molar-refractivity contribution in [3.63, 3.8) is 0 Å². The van der Waals surface area contributed by atoms with Crippen LogP contribution in [0.1, 0.15) is 12.5 Å². The first-order valence-corrected chi connectivity index (χ1v) is 6.35. The maximum absolute atomic E-state index is 11.8. The third-order valence-electron chi connectivity index (χ3n) is 2.67. The fourth-order valence-corrected chi connectivity index (χ4v) is 1.65. The highest BCUT2D eigenvalue weighted by molar-refractivity contribution is 5.85. The first-order valence-electron chi connectivity index (χ1n) is 6.35. The van der Waals surface area contributed by atoms with Crippen molar-refractivity contribution in [1.29, 1.82) is 0 Å². The van der Waals surface area contributed by atoms with Crippen molar-refractivity contribution in [3.05, 3.63) is 29.8 Å². The number of carbonyl (C=O) groups is 3. The van der Waals surface area contributed by atoms with Crippen LogP contribution in [0.2, 0.25) is 0 Å². The van der Waals surface area contributed by atoms with Crippen molar-refractivity contribution in [1.82, 2.24) is 4.90 Å². The van der Waals surface area contributed by atoms with E-state index in [-0.39, 0.29) is 0 Å². The molecule has 0 fully saturated rings. The SMILES string of the molecule is CCc1cccc(OCC(=O)N(CC(=O)O)CC(=O)O)c1. The number of hydrogen-bond acceptors (Lipinski definition) is 4. The number of carboxylic acid groups (broad SMARTS) is 2. The van der Waals surface area contributed by atoms with E-state index in [1.54, 1.807) is 18.2 Å². The second-order valence-corrected chi connectivity index (χ2v) is 4.33. The number of carboxylic acids is 2. The molecule has 1 aromatic carbocycles. The van der Waals surface area contributed by atoms with Crippen LogP contribution in [0.4, 0.5) is 0 Å². The zero-order valence-electron chi connectivity index (χ0n) is 11.6. The van der Waals surface area contributed by atoms with Crippen LogP contribution in [-0.2, 0) is 20.8 Å². The number of aryl methyl sites for hydroxylation is 1. The van der Waals surface area contributed by atoms with Crippen molar-refractivity contribution in [3.8, 4) is 5.75 Å². The first kappa shape index (κ1) is 16.5. The summed E-state index contributed by atoms with van der Waals surface area (Å²) in [5.41, 5.74) is 1.04. The summed E-state index contributed by atoms with van der Waals surface area (Å²) < 4.78 is 5.28. The minimum atomic E-state index is -1.28. The van der Waals surface area contributed by atoms with Crippen molar-refractivity contribution < 1.29 is 29.3 Å². The minimum Gasteiger partial charge on any atom is -0.484 e. The molecule has 0 aliphatic carbocycles. The lowest BCUT2D eigenvalue weighted by Crippen LogP contribution is -2.41. The van der Waals surface area contributed by atoms with Gasteiger partial charge in [-0.3, -0.25) is 14.4 Å². The third-order valence-corrected chi connectivity index (χ3v) is 2.67. The van der Waals surface area contributed by atoms with E-state index in [1.165, 1.54) is 0 Å². The molecule has 7 heteroatoms. The molecule has 0 aliphatic heterocycles. The van der Waals surface area contributed by atoms with Gasteiger partial charge in [0.2, 0.25) is 0 Å². The molecule has 1 amide bonds. The number of benzene rings is 1. The summed E-state index contributed by atoms with van der Waals surface area (Å²) in [6.07, 6.45) is 0.815. The summed E-state index contributed by atoms with van der Waals surface area (Å²) in [4.78, 5) is 33.8. The van der Waals surface area contributed by atoms with Gasteiger partial charge in [0.05, 0.1) is 0 Å². The molecule has 1 aromatic rings. The molecule has 114 valence electrons. The Balaban J connectivity index is 2.63. The molecule has 0 unspecified atom stereocenters.